The van der Waals surface area contributed by atoms with Gasteiger partial charge in [-0.1, -0.05) is 38.1 Å². The molecule has 2 aromatic rings. The zero-order valence-corrected chi connectivity index (χ0v) is 16.2. The molecule has 144 valence electrons. The number of benzene rings is 2. The number of ketones is 1. The first kappa shape index (κ1) is 20.3. The molecule has 0 aliphatic rings. The second-order valence-electron chi connectivity index (χ2n) is 6.16. The van der Waals surface area contributed by atoms with Gasteiger partial charge in [0.05, 0.1) is 21.3 Å². The largest absolute Gasteiger partial charge is 0.493 e. The van der Waals surface area contributed by atoms with E-state index in [0.29, 0.717) is 17.2 Å². The van der Waals surface area contributed by atoms with Crippen LogP contribution in [0.2, 0.25) is 0 Å². The third-order valence-corrected chi connectivity index (χ3v) is 4.16. The lowest BCUT2D eigenvalue weighted by atomic mass is 10.0. The highest BCUT2D eigenvalue weighted by Gasteiger charge is 2.22. The van der Waals surface area contributed by atoms with Crippen LogP contribution in [0.3, 0.4) is 0 Å². The molecule has 0 bridgehead atoms. The number of hydrogen-bond donors (Lipinski definition) is 0. The molecule has 0 fully saturated rings. The maximum atomic E-state index is 12.4. The van der Waals surface area contributed by atoms with Crippen LogP contribution in [0.15, 0.2) is 36.4 Å². The van der Waals surface area contributed by atoms with Crippen LogP contribution in [0.1, 0.15) is 46.0 Å². The molecule has 27 heavy (non-hydrogen) atoms. The Morgan fingerprint density at radius 1 is 0.852 bits per heavy atom. The van der Waals surface area contributed by atoms with Crippen LogP contribution in [0.4, 0.5) is 0 Å². The van der Waals surface area contributed by atoms with Gasteiger partial charge >= 0.3 is 5.97 Å². The van der Waals surface area contributed by atoms with Gasteiger partial charge in [0.15, 0.2) is 23.9 Å². The van der Waals surface area contributed by atoms with Gasteiger partial charge < -0.3 is 18.9 Å². The first-order chi connectivity index (χ1) is 12.9. The van der Waals surface area contributed by atoms with E-state index in [1.54, 1.807) is 18.2 Å². The van der Waals surface area contributed by atoms with Gasteiger partial charge in [0.25, 0.3) is 0 Å². The van der Waals surface area contributed by atoms with Crippen LogP contribution in [-0.4, -0.2) is 39.7 Å². The topological polar surface area (TPSA) is 71.1 Å². The minimum atomic E-state index is -0.681. The molecule has 0 N–H and O–H groups in total. The summed E-state index contributed by atoms with van der Waals surface area (Å²) in [5, 5.41) is 0. The van der Waals surface area contributed by atoms with Gasteiger partial charge in [0.1, 0.15) is 5.56 Å². The fourth-order valence-electron chi connectivity index (χ4n) is 2.61. The smallest absolute Gasteiger partial charge is 0.342 e. The standard InChI is InChI=1S/C21H24O6/c1-13(2)14-6-8-15(9-7-14)17(22)12-27-21(23)16-10-11-18(24-3)20(26-5)19(16)25-4/h6-11,13H,12H2,1-5H3. The molecule has 2 aromatic carbocycles. The average molecular weight is 372 g/mol. The Labute approximate surface area is 159 Å². The highest BCUT2D eigenvalue weighted by Crippen LogP contribution is 2.39. The molecular formula is C21H24O6. The zero-order valence-electron chi connectivity index (χ0n) is 16.2. The lowest BCUT2D eigenvalue weighted by Gasteiger charge is -2.15. The third kappa shape index (κ3) is 4.58. The fraction of sp³-hybridized carbons (Fsp3) is 0.333. The Hall–Kier alpha value is -3.02. The van der Waals surface area contributed by atoms with Gasteiger partial charge in [-0.2, -0.15) is 0 Å². The Bertz CT molecular complexity index is 808. The van der Waals surface area contributed by atoms with Gasteiger partial charge in [-0.3, -0.25) is 4.79 Å². The first-order valence-electron chi connectivity index (χ1n) is 8.52. The van der Waals surface area contributed by atoms with Crippen molar-refractivity contribution >= 4 is 11.8 Å². The van der Waals surface area contributed by atoms with Gasteiger partial charge in [-0.05, 0) is 23.6 Å². The van der Waals surface area contributed by atoms with E-state index in [1.165, 1.54) is 27.4 Å². The Morgan fingerprint density at radius 2 is 1.48 bits per heavy atom. The molecule has 0 aliphatic carbocycles. The van der Waals surface area contributed by atoms with Crippen molar-refractivity contribution in [3.05, 3.63) is 53.1 Å². The molecule has 0 amide bonds. The number of carbonyl (C=O) groups is 2. The molecule has 6 nitrogen and oxygen atoms in total. The van der Waals surface area contributed by atoms with Crippen molar-refractivity contribution in [1.29, 1.82) is 0 Å². The fourth-order valence-corrected chi connectivity index (χ4v) is 2.61. The number of Topliss-reactive ketones (excluding diaryl/α,β-unsaturated/α-hetero) is 1. The van der Waals surface area contributed by atoms with E-state index in [1.807, 2.05) is 12.1 Å². The van der Waals surface area contributed by atoms with E-state index in [9.17, 15) is 9.59 Å². The van der Waals surface area contributed by atoms with E-state index in [2.05, 4.69) is 13.8 Å². The van der Waals surface area contributed by atoms with Crippen molar-refractivity contribution in [2.45, 2.75) is 19.8 Å². The number of ether oxygens (including phenoxy) is 4. The highest BCUT2D eigenvalue weighted by molar-refractivity contribution is 6.00. The van der Waals surface area contributed by atoms with E-state index >= 15 is 0 Å². The van der Waals surface area contributed by atoms with Crippen molar-refractivity contribution < 1.29 is 28.5 Å². The summed E-state index contributed by atoms with van der Waals surface area (Å²) in [7, 11) is 4.34. The lowest BCUT2D eigenvalue weighted by Crippen LogP contribution is -2.15. The van der Waals surface area contributed by atoms with Crippen LogP contribution in [-0.2, 0) is 4.74 Å². The number of hydrogen-bond acceptors (Lipinski definition) is 6. The van der Waals surface area contributed by atoms with E-state index in [-0.39, 0.29) is 29.5 Å². The summed E-state index contributed by atoms with van der Waals surface area (Å²) in [5.74, 6) is 0.315. The van der Waals surface area contributed by atoms with E-state index < -0.39 is 5.97 Å². The molecule has 0 spiro atoms. The maximum absolute atomic E-state index is 12.4. The van der Waals surface area contributed by atoms with Gasteiger partial charge in [0, 0.05) is 5.56 Å². The summed E-state index contributed by atoms with van der Waals surface area (Å²) in [6.45, 7) is 3.79. The predicted octanol–water partition coefficient (Wildman–Crippen LogP) is 3.88. The van der Waals surface area contributed by atoms with Crippen molar-refractivity contribution in [2.75, 3.05) is 27.9 Å². The van der Waals surface area contributed by atoms with Gasteiger partial charge in [-0.15, -0.1) is 0 Å². The predicted molar refractivity (Wildman–Crippen MR) is 101 cm³/mol. The molecule has 0 unspecified atom stereocenters. The normalized spacial score (nSPS) is 10.4. The summed E-state index contributed by atoms with van der Waals surface area (Å²) in [4.78, 5) is 24.7. The lowest BCUT2D eigenvalue weighted by molar-refractivity contribution is 0.0471. The minimum Gasteiger partial charge on any atom is -0.493 e. The Kier molecular flexibility index (Phi) is 6.82. The molecule has 0 radical (unpaired) electrons. The minimum absolute atomic E-state index is 0.151. The van der Waals surface area contributed by atoms with Gasteiger partial charge in [-0.25, -0.2) is 4.79 Å². The molecule has 2 rings (SSSR count). The summed E-state index contributed by atoms with van der Waals surface area (Å²) in [6, 6.07) is 10.4. The number of rotatable bonds is 8. The Balaban J connectivity index is 2.12. The zero-order chi connectivity index (χ0) is 20.0. The molecule has 0 aromatic heterocycles. The second kappa shape index (κ2) is 9.07. The van der Waals surface area contributed by atoms with Crippen LogP contribution in [0.5, 0.6) is 17.2 Å². The van der Waals surface area contributed by atoms with Crippen molar-refractivity contribution in [2.24, 2.45) is 0 Å². The maximum Gasteiger partial charge on any atom is 0.342 e. The molecule has 0 heterocycles. The molecule has 0 saturated carbocycles. The number of esters is 1. The van der Waals surface area contributed by atoms with Crippen LogP contribution in [0, 0.1) is 0 Å². The van der Waals surface area contributed by atoms with Crippen LogP contribution in [0.25, 0.3) is 0 Å². The van der Waals surface area contributed by atoms with E-state index in [4.69, 9.17) is 18.9 Å². The average Bonchev–Trinajstić information content (AvgIpc) is 2.70. The Morgan fingerprint density at radius 3 is 2.00 bits per heavy atom. The molecular weight excluding hydrogens is 348 g/mol. The van der Waals surface area contributed by atoms with Crippen LogP contribution >= 0.6 is 0 Å². The molecule has 0 saturated heterocycles. The second-order valence-corrected chi connectivity index (χ2v) is 6.16. The van der Waals surface area contributed by atoms with E-state index in [0.717, 1.165) is 5.56 Å². The monoisotopic (exact) mass is 372 g/mol. The number of carbonyl (C=O) groups excluding carboxylic acids is 2. The quantitative estimate of drug-likeness (QED) is 0.517. The molecule has 6 heteroatoms. The van der Waals surface area contributed by atoms with Crippen molar-refractivity contribution in [1.82, 2.24) is 0 Å². The molecule has 0 aliphatic heterocycles. The summed E-state index contributed by atoms with van der Waals surface area (Å²) in [6.07, 6.45) is 0. The third-order valence-electron chi connectivity index (χ3n) is 4.16. The van der Waals surface area contributed by atoms with Crippen LogP contribution < -0.4 is 14.2 Å². The van der Waals surface area contributed by atoms with Crippen molar-refractivity contribution in [3.63, 3.8) is 0 Å². The first-order valence-corrected chi connectivity index (χ1v) is 8.52. The summed E-state index contributed by atoms with van der Waals surface area (Å²) < 4.78 is 20.9. The summed E-state index contributed by atoms with van der Waals surface area (Å²) in [5.41, 5.74) is 1.78. The number of methoxy groups -OCH3 is 3. The molecule has 0 atom stereocenters. The van der Waals surface area contributed by atoms with Gasteiger partial charge in [0.2, 0.25) is 5.75 Å². The highest BCUT2D eigenvalue weighted by atomic mass is 16.5. The SMILES string of the molecule is COc1ccc(C(=O)OCC(=O)c2ccc(C(C)C)cc2)c(OC)c1OC. The van der Waals surface area contributed by atoms with Crippen molar-refractivity contribution in [3.8, 4) is 17.2 Å². The summed E-state index contributed by atoms with van der Waals surface area (Å²) >= 11 is 0.